The third-order valence-electron chi connectivity index (χ3n) is 3.35. The quantitative estimate of drug-likeness (QED) is 0.926. The first-order chi connectivity index (χ1) is 9.42. The second-order valence-electron chi connectivity index (χ2n) is 4.80. The number of benzene rings is 1. The van der Waals surface area contributed by atoms with E-state index in [2.05, 4.69) is 5.32 Å². The van der Waals surface area contributed by atoms with E-state index in [1.165, 1.54) is 4.90 Å². The van der Waals surface area contributed by atoms with Crippen LogP contribution < -0.4 is 10.2 Å². The standard InChI is InChI=1S/C14H17F3N2O/c1-2-18-11-7-8-19(13(20)9-14(15,16)17)12-6-4-3-5-10(11)12/h3-6,11,18H,2,7-9H2,1H3. The van der Waals surface area contributed by atoms with Gasteiger partial charge in [-0.15, -0.1) is 0 Å². The predicted octanol–water partition coefficient (Wildman–Crippen LogP) is 3.03. The summed E-state index contributed by atoms with van der Waals surface area (Å²) in [4.78, 5) is 13.1. The lowest BCUT2D eigenvalue weighted by atomic mass is 9.96. The van der Waals surface area contributed by atoms with Crippen LogP contribution in [0.15, 0.2) is 24.3 Å². The highest BCUT2D eigenvalue weighted by atomic mass is 19.4. The van der Waals surface area contributed by atoms with Crippen molar-refractivity contribution in [3.8, 4) is 0 Å². The molecule has 1 heterocycles. The molecule has 0 fully saturated rings. The van der Waals surface area contributed by atoms with Crippen molar-refractivity contribution in [2.45, 2.75) is 32.0 Å². The van der Waals surface area contributed by atoms with Crippen LogP contribution in [0.5, 0.6) is 0 Å². The van der Waals surface area contributed by atoms with Gasteiger partial charge in [0.05, 0.1) is 0 Å². The Hall–Kier alpha value is -1.56. The van der Waals surface area contributed by atoms with Gasteiger partial charge in [-0.2, -0.15) is 13.2 Å². The van der Waals surface area contributed by atoms with Crippen molar-refractivity contribution < 1.29 is 18.0 Å². The topological polar surface area (TPSA) is 32.3 Å². The molecule has 1 aromatic rings. The molecule has 1 aliphatic rings. The van der Waals surface area contributed by atoms with Gasteiger partial charge < -0.3 is 10.2 Å². The van der Waals surface area contributed by atoms with E-state index in [1.807, 2.05) is 19.1 Å². The van der Waals surface area contributed by atoms with Crippen LogP contribution in [0, 0.1) is 0 Å². The van der Waals surface area contributed by atoms with Crippen LogP contribution in [0.1, 0.15) is 31.4 Å². The Labute approximate surface area is 115 Å². The average Bonchev–Trinajstić information content (AvgIpc) is 2.37. The summed E-state index contributed by atoms with van der Waals surface area (Å²) in [6.45, 7) is 3.06. The van der Waals surface area contributed by atoms with Crippen molar-refractivity contribution in [2.24, 2.45) is 0 Å². The van der Waals surface area contributed by atoms with Crippen LogP contribution in [0.25, 0.3) is 0 Å². The lowest BCUT2D eigenvalue weighted by molar-refractivity contribution is -0.151. The third-order valence-corrected chi connectivity index (χ3v) is 3.35. The second kappa shape index (κ2) is 5.83. The Morgan fingerprint density at radius 2 is 2.10 bits per heavy atom. The minimum absolute atomic E-state index is 0.0890. The molecule has 0 bridgehead atoms. The third kappa shape index (κ3) is 3.30. The van der Waals surface area contributed by atoms with Gasteiger partial charge in [0.15, 0.2) is 0 Å². The minimum Gasteiger partial charge on any atom is -0.312 e. The number of para-hydroxylation sites is 1. The van der Waals surface area contributed by atoms with Gasteiger partial charge in [0.1, 0.15) is 6.42 Å². The van der Waals surface area contributed by atoms with E-state index < -0.39 is 18.5 Å². The van der Waals surface area contributed by atoms with E-state index in [9.17, 15) is 18.0 Å². The van der Waals surface area contributed by atoms with Gasteiger partial charge in [-0.3, -0.25) is 4.79 Å². The molecule has 0 saturated heterocycles. The van der Waals surface area contributed by atoms with E-state index in [1.54, 1.807) is 12.1 Å². The molecule has 1 atom stereocenters. The average molecular weight is 286 g/mol. The molecule has 110 valence electrons. The van der Waals surface area contributed by atoms with E-state index in [0.29, 0.717) is 18.7 Å². The zero-order chi connectivity index (χ0) is 14.8. The number of rotatable bonds is 3. The molecule has 1 amide bonds. The van der Waals surface area contributed by atoms with Gasteiger partial charge in [-0.25, -0.2) is 0 Å². The molecule has 1 aromatic carbocycles. The number of halogens is 3. The first kappa shape index (κ1) is 14.8. The smallest absolute Gasteiger partial charge is 0.312 e. The molecular weight excluding hydrogens is 269 g/mol. The number of hydrogen-bond donors (Lipinski definition) is 1. The molecule has 0 spiro atoms. The number of fused-ring (bicyclic) bond motifs is 1. The number of nitrogens with one attached hydrogen (secondary N) is 1. The van der Waals surface area contributed by atoms with Crippen LogP contribution in [-0.2, 0) is 4.79 Å². The van der Waals surface area contributed by atoms with Crippen molar-refractivity contribution in [1.82, 2.24) is 5.32 Å². The maximum absolute atomic E-state index is 12.4. The van der Waals surface area contributed by atoms with Crippen molar-refractivity contribution in [3.63, 3.8) is 0 Å². The Morgan fingerprint density at radius 3 is 2.75 bits per heavy atom. The van der Waals surface area contributed by atoms with Crippen LogP contribution in [0.4, 0.5) is 18.9 Å². The second-order valence-corrected chi connectivity index (χ2v) is 4.80. The largest absolute Gasteiger partial charge is 0.397 e. The zero-order valence-electron chi connectivity index (χ0n) is 11.2. The van der Waals surface area contributed by atoms with Gasteiger partial charge in [-0.05, 0) is 24.6 Å². The highest BCUT2D eigenvalue weighted by molar-refractivity contribution is 5.95. The molecule has 3 nitrogen and oxygen atoms in total. The van der Waals surface area contributed by atoms with Crippen molar-refractivity contribution >= 4 is 11.6 Å². The van der Waals surface area contributed by atoms with Crippen LogP contribution in [0.2, 0.25) is 0 Å². The fourth-order valence-electron chi connectivity index (χ4n) is 2.55. The Balaban J connectivity index is 2.25. The first-order valence-corrected chi connectivity index (χ1v) is 6.62. The number of carbonyl (C=O) groups is 1. The van der Waals surface area contributed by atoms with Crippen molar-refractivity contribution in [3.05, 3.63) is 29.8 Å². The number of amides is 1. The first-order valence-electron chi connectivity index (χ1n) is 6.62. The van der Waals surface area contributed by atoms with Crippen LogP contribution >= 0.6 is 0 Å². The van der Waals surface area contributed by atoms with Crippen LogP contribution in [0.3, 0.4) is 0 Å². The number of hydrogen-bond acceptors (Lipinski definition) is 2. The monoisotopic (exact) mass is 286 g/mol. The summed E-state index contributed by atoms with van der Waals surface area (Å²) in [6, 6.07) is 7.22. The van der Waals surface area contributed by atoms with Gasteiger partial charge in [-0.1, -0.05) is 25.1 Å². The summed E-state index contributed by atoms with van der Waals surface area (Å²) in [5, 5.41) is 3.29. The number of alkyl halides is 3. The molecule has 2 rings (SSSR count). The Kier molecular flexibility index (Phi) is 4.32. The molecule has 0 saturated carbocycles. The summed E-state index contributed by atoms with van der Waals surface area (Å²) < 4.78 is 37.1. The number of anilines is 1. The summed E-state index contributed by atoms with van der Waals surface area (Å²) >= 11 is 0. The van der Waals surface area contributed by atoms with E-state index in [4.69, 9.17) is 0 Å². The summed E-state index contributed by atoms with van der Waals surface area (Å²) in [5.41, 5.74) is 1.47. The highest BCUT2D eigenvalue weighted by Gasteiger charge is 2.36. The summed E-state index contributed by atoms with van der Waals surface area (Å²) in [7, 11) is 0. The number of nitrogens with zero attached hydrogens (tertiary/aromatic N) is 1. The Morgan fingerprint density at radius 1 is 1.40 bits per heavy atom. The van der Waals surface area contributed by atoms with E-state index >= 15 is 0 Å². The lowest BCUT2D eigenvalue weighted by Crippen LogP contribution is -2.41. The van der Waals surface area contributed by atoms with Gasteiger partial charge in [0, 0.05) is 18.3 Å². The maximum Gasteiger partial charge on any atom is 0.397 e. The predicted molar refractivity (Wildman–Crippen MR) is 70.5 cm³/mol. The summed E-state index contributed by atoms with van der Waals surface area (Å²) in [5.74, 6) is -0.889. The van der Waals surface area contributed by atoms with Crippen molar-refractivity contribution in [2.75, 3.05) is 18.0 Å². The molecule has 0 radical (unpaired) electrons. The van der Waals surface area contributed by atoms with Gasteiger partial charge in [0.2, 0.25) is 5.91 Å². The van der Waals surface area contributed by atoms with Crippen LogP contribution in [-0.4, -0.2) is 25.2 Å². The molecule has 0 aliphatic carbocycles. The SMILES string of the molecule is CCNC1CCN(C(=O)CC(F)(F)F)c2ccccc21. The molecule has 1 aliphatic heterocycles. The summed E-state index contributed by atoms with van der Waals surface area (Å²) in [6.07, 6.45) is -5.26. The molecule has 1 N–H and O–H groups in total. The zero-order valence-corrected chi connectivity index (χ0v) is 11.2. The van der Waals surface area contributed by atoms with Gasteiger partial charge >= 0.3 is 6.18 Å². The lowest BCUT2D eigenvalue weighted by Gasteiger charge is -2.34. The molecule has 20 heavy (non-hydrogen) atoms. The van der Waals surface area contributed by atoms with Crippen molar-refractivity contribution in [1.29, 1.82) is 0 Å². The molecule has 0 aromatic heterocycles. The van der Waals surface area contributed by atoms with Gasteiger partial charge in [0.25, 0.3) is 0 Å². The minimum atomic E-state index is -4.47. The normalized spacial score (nSPS) is 18.8. The fraction of sp³-hybridized carbons (Fsp3) is 0.500. The maximum atomic E-state index is 12.4. The molecular formula is C14H17F3N2O. The van der Waals surface area contributed by atoms with E-state index in [-0.39, 0.29) is 6.04 Å². The fourth-order valence-corrected chi connectivity index (χ4v) is 2.55. The molecule has 1 unspecified atom stereocenters. The van der Waals surface area contributed by atoms with E-state index in [0.717, 1.165) is 12.1 Å². The highest BCUT2D eigenvalue weighted by Crippen LogP contribution is 2.35. The molecule has 6 heteroatoms. The number of carbonyl (C=O) groups excluding carboxylic acids is 1. The Bertz CT molecular complexity index is 488.